The molecule has 0 spiro atoms. The Morgan fingerprint density at radius 1 is 1.56 bits per heavy atom. The maximum Gasteiger partial charge on any atom is 0.248 e. The van der Waals surface area contributed by atoms with E-state index < -0.39 is 0 Å². The number of benzene rings is 1. The van der Waals surface area contributed by atoms with Gasteiger partial charge in [0.1, 0.15) is 0 Å². The fraction of sp³-hybridized carbons (Fsp3) is 0.500. The lowest BCUT2D eigenvalue weighted by atomic mass is 10.0. The van der Waals surface area contributed by atoms with Crippen LogP contribution in [0.15, 0.2) is 18.2 Å². The van der Waals surface area contributed by atoms with Crippen LogP contribution in [0.4, 0.5) is 5.69 Å². The van der Waals surface area contributed by atoms with Gasteiger partial charge in [0.2, 0.25) is 5.91 Å². The van der Waals surface area contributed by atoms with E-state index in [4.69, 9.17) is 5.73 Å². The van der Waals surface area contributed by atoms with Crippen LogP contribution in [0.3, 0.4) is 0 Å². The van der Waals surface area contributed by atoms with Crippen LogP contribution >= 0.6 is 0 Å². The minimum Gasteiger partial charge on any atom is -0.385 e. The maximum absolute atomic E-state index is 11.1. The summed E-state index contributed by atoms with van der Waals surface area (Å²) in [5, 5.41) is 6.77. The number of nitrogens with one attached hydrogen (secondary N) is 2. The van der Waals surface area contributed by atoms with Crippen LogP contribution in [-0.2, 0) is 0 Å². The highest BCUT2D eigenvalue weighted by atomic mass is 16.1. The first-order chi connectivity index (χ1) is 8.66. The zero-order valence-corrected chi connectivity index (χ0v) is 10.8. The van der Waals surface area contributed by atoms with E-state index in [1.165, 1.54) is 12.8 Å². The third-order valence-electron chi connectivity index (χ3n) is 3.54. The minimum absolute atomic E-state index is 0.365. The van der Waals surface area contributed by atoms with Gasteiger partial charge in [-0.25, -0.2) is 0 Å². The van der Waals surface area contributed by atoms with Gasteiger partial charge in [-0.05, 0) is 62.5 Å². The average Bonchev–Trinajstić information content (AvgIpc) is 2.81. The molecule has 1 aliphatic heterocycles. The van der Waals surface area contributed by atoms with E-state index in [0.717, 1.165) is 36.8 Å². The van der Waals surface area contributed by atoms with Gasteiger partial charge in [-0.2, -0.15) is 0 Å². The Hall–Kier alpha value is -1.55. The largest absolute Gasteiger partial charge is 0.385 e. The second-order valence-corrected chi connectivity index (χ2v) is 4.97. The molecule has 4 heteroatoms. The smallest absolute Gasteiger partial charge is 0.248 e. The van der Waals surface area contributed by atoms with E-state index in [9.17, 15) is 4.79 Å². The topological polar surface area (TPSA) is 67.2 Å². The normalized spacial score (nSPS) is 18.8. The summed E-state index contributed by atoms with van der Waals surface area (Å²) in [6.07, 6.45) is 2.46. The molecule has 0 bridgehead atoms. The summed E-state index contributed by atoms with van der Waals surface area (Å²) in [5.74, 6) is 0.430. The summed E-state index contributed by atoms with van der Waals surface area (Å²) in [6.45, 7) is 5.17. The highest BCUT2D eigenvalue weighted by molar-refractivity contribution is 5.94. The molecule has 1 aromatic rings. The van der Waals surface area contributed by atoms with Gasteiger partial charge in [0, 0.05) is 17.8 Å². The van der Waals surface area contributed by atoms with Crippen molar-refractivity contribution in [2.24, 2.45) is 11.7 Å². The molecule has 0 radical (unpaired) electrons. The van der Waals surface area contributed by atoms with Crippen molar-refractivity contribution in [3.05, 3.63) is 29.3 Å². The summed E-state index contributed by atoms with van der Waals surface area (Å²) < 4.78 is 0. The van der Waals surface area contributed by atoms with Crippen molar-refractivity contribution >= 4 is 11.6 Å². The van der Waals surface area contributed by atoms with Gasteiger partial charge >= 0.3 is 0 Å². The van der Waals surface area contributed by atoms with Crippen LogP contribution in [0.5, 0.6) is 0 Å². The van der Waals surface area contributed by atoms with Gasteiger partial charge in [-0.15, -0.1) is 0 Å². The lowest BCUT2D eigenvalue weighted by molar-refractivity contribution is 0.1000. The fourth-order valence-electron chi connectivity index (χ4n) is 2.43. The maximum atomic E-state index is 11.1. The Bertz CT molecular complexity index is 425. The number of nitrogens with two attached hydrogens (primary N) is 1. The molecule has 1 aliphatic rings. The number of amides is 1. The van der Waals surface area contributed by atoms with Gasteiger partial charge in [0.15, 0.2) is 0 Å². The SMILES string of the molecule is Cc1cc(NCCC2CCNC2)ccc1C(N)=O. The molecule has 0 saturated carbocycles. The molecule has 1 fully saturated rings. The first-order valence-corrected chi connectivity index (χ1v) is 6.52. The Balaban J connectivity index is 1.85. The average molecular weight is 247 g/mol. The predicted molar refractivity (Wildman–Crippen MR) is 73.8 cm³/mol. The van der Waals surface area contributed by atoms with Crippen LogP contribution in [0.25, 0.3) is 0 Å². The molecule has 1 aromatic carbocycles. The summed E-state index contributed by atoms with van der Waals surface area (Å²) in [4.78, 5) is 11.1. The van der Waals surface area contributed by atoms with Gasteiger partial charge in [0.05, 0.1) is 0 Å². The molecule has 1 unspecified atom stereocenters. The molecule has 98 valence electrons. The molecular weight excluding hydrogens is 226 g/mol. The minimum atomic E-state index is -0.365. The van der Waals surface area contributed by atoms with Gasteiger partial charge < -0.3 is 16.4 Å². The van der Waals surface area contributed by atoms with Crippen molar-refractivity contribution in [2.45, 2.75) is 19.8 Å². The Morgan fingerprint density at radius 3 is 3.00 bits per heavy atom. The summed E-state index contributed by atoms with van der Waals surface area (Å²) in [6, 6.07) is 5.68. The number of aryl methyl sites for hydroxylation is 1. The lowest BCUT2D eigenvalue weighted by Crippen LogP contribution is -2.14. The van der Waals surface area contributed by atoms with Crippen molar-refractivity contribution in [3.8, 4) is 0 Å². The fourth-order valence-corrected chi connectivity index (χ4v) is 2.43. The van der Waals surface area contributed by atoms with Crippen LogP contribution < -0.4 is 16.4 Å². The molecule has 1 atom stereocenters. The molecule has 18 heavy (non-hydrogen) atoms. The summed E-state index contributed by atoms with van der Waals surface area (Å²) >= 11 is 0. The summed E-state index contributed by atoms with van der Waals surface area (Å²) in [5.41, 5.74) is 7.86. The van der Waals surface area contributed by atoms with Gasteiger partial charge in [-0.3, -0.25) is 4.79 Å². The molecule has 1 saturated heterocycles. The van der Waals surface area contributed by atoms with E-state index in [1.807, 2.05) is 19.1 Å². The molecule has 4 N–H and O–H groups in total. The monoisotopic (exact) mass is 247 g/mol. The number of anilines is 1. The number of hydrogen-bond acceptors (Lipinski definition) is 3. The number of hydrogen-bond donors (Lipinski definition) is 3. The standard InChI is InChI=1S/C14H21N3O/c1-10-8-12(2-3-13(10)14(15)18)17-7-5-11-4-6-16-9-11/h2-3,8,11,16-17H,4-7,9H2,1H3,(H2,15,18). The zero-order valence-electron chi connectivity index (χ0n) is 10.8. The van der Waals surface area contributed by atoms with Crippen LogP contribution in [0.2, 0.25) is 0 Å². The second kappa shape index (κ2) is 5.87. The highest BCUT2D eigenvalue weighted by Gasteiger charge is 2.13. The first kappa shape index (κ1) is 12.9. The number of carbonyl (C=O) groups excluding carboxylic acids is 1. The van der Waals surface area contributed by atoms with E-state index in [2.05, 4.69) is 10.6 Å². The van der Waals surface area contributed by atoms with Crippen LogP contribution in [0, 0.1) is 12.8 Å². The molecule has 0 aliphatic carbocycles. The van der Waals surface area contributed by atoms with Crippen molar-refractivity contribution < 1.29 is 4.79 Å². The molecule has 0 aromatic heterocycles. The Labute approximate surface area is 108 Å². The number of primary amides is 1. The van der Waals surface area contributed by atoms with Crippen molar-refractivity contribution in [3.63, 3.8) is 0 Å². The van der Waals surface area contributed by atoms with E-state index in [1.54, 1.807) is 6.07 Å². The molecular formula is C14H21N3O. The van der Waals surface area contributed by atoms with Crippen molar-refractivity contribution in [1.29, 1.82) is 0 Å². The third-order valence-corrected chi connectivity index (χ3v) is 3.54. The first-order valence-electron chi connectivity index (χ1n) is 6.52. The van der Waals surface area contributed by atoms with Crippen molar-refractivity contribution in [1.82, 2.24) is 5.32 Å². The van der Waals surface area contributed by atoms with Gasteiger partial charge in [0.25, 0.3) is 0 Å². The van der Waals surface area contributed by atoms with E-state index in [-0.39, 0.29) is 5.91 Å². The summed E-state index contributed by atoms with van der Waals surface area (Å²) in [7, 11) is 0. The van der Waals surface area contributed by atoms with E-state index >= 15 is 0 Å². The van der Waals surface area contributed by atoms with Crippen molar-refractivity contribution in [2.75, 3.05) is 25.0 Å². The number of rotatable bonds is 5. The molecule has 2 rings (SSSR count). The molecule has 4 nitrogen and oxygen atoms in total. The molecule has 1 heterocycles. The van der Waals surface area contributed by atoms with E-state index in [0.29, 0.717) is 5.56 Å². The quantitative estimate of drug-likeness (QED) is 0.738. The van der Waals surface area contributed by atoms with Gasteiger partial charge in [-0.1, -0.05) is 0 Å². The predicted octanol–water partition coefficient (Wildman–Crippen LogP) is 1.51. The highest BCUT2D eigenvalue weighted by Crippen LogP contribution is 2.16. The van der Waals surface area contributed by atoms with Crippen LogP contribution in [-0.4, -0.2) is 25.5 Å². The second-order valence-electron chi connectivity index (χ2n) is 4.97. The number of carbonyl (C=O) groups is 1. The Morgan fingerprint density at radius 2 is 2.39 bits per heavy atom. The lowest BCUT2D eigenvalue weighted by Gasteiger charge is -2.11. The third kappa shape index (κ3) is 3.23. The Kier molecular flexibility index (Phi) is 4.20. The molecule has 1 amide bonds. The zero-order chi connectivity index (χ0) is 13.0. The van der Waals surface area contributed by atoms with Crippen LogP contribution in [0.1, 0.15) is 28.8 Å².